The SMILES string of the molecule is CCC1C=CCC[C@@H]1[N+](=O)[O-]. The molecule has 1 aliphatic carbocycles. The van der Waals surface area contributed by atoms with Crippen LogP contribution in [-0.4, -0.2) is 11.0 Å². The molecule has 62 valence electrons. The van der Waals surface area contributed by atoms with E-state index in [9.17, 15) is 10.1 Å². The van der Waals surface area contributed by atoms with E-state index in [1.165, 1.54) is 0 Å². The number of nitro groups is 1. The van der Waals surface area contributed by atoms with Gasteiger partial charge in [-0.05, 0) is 12.8 Å². The van der Waals surface area contributed by atoms with E-state index in [1.807, 2.05) is 19.1 Å². The van der Waals surface area contributed by atoms with Gasteiger partial charge in [0.2, 0.25) is 6.04 Å². The van der Waals surface area contributed by atoms with Crippen LogP contribution >= 0.6 is 0 Å². The number of rotatable bonds is 2. The Morgan fingerprint density at radius 1 is 1.73 bits per heavy atom. The van der Waals surface area contributed by atoms with Gasteiger partial charge in [0.1, 0.15) is 0 Å². The van der Waals surface area contributed by atoms with Gasteiger partial charge in [-0.2, -0.15) is 0 Å². The summed E-state index contributed by atoms with van der Waals surface area (Å²) in [5.74, 6) is 0.166. The maximum absolute atomic E-state index is 10.5. The Kier molecular flexibility index (Phi) is 2.63. The molecule has 0 aromatic carbocycles. The Morgan fingerprint density at radius 2 is 2.45 bits per heavy atom. The van der Waals surface area contributed by atoms with Crippen LogP contribution in [0.5, 0.6) is 0 Å². The molecule has 1 rings (SSSR count). The summed E-state index contributed by atoms with van der Waals surface area (Å²) in [5, 5.41) is 10.5. The molecule has 0 saturated heterocycles. The first-order valence-corrected chi connectivity index (χ1v) is 4.06. The lowest BCUT2D eigenvalue weighted by Crippen LogP contribution is -2.29. The minimum Gasteiger partial charge on any atom is -0.264 e. The number of hydrogen-bond acceptors (Lipinski definition) is 2. The van der Waals surface area contributed by atoms with Crippen molar-refractivity contribution in [2.45, 2.75) is 32.2 Å². The molecule has 0 N–H and O–H groups in total. The van der Waals surface area contributed by atoms with Crippen LogP contribution in [0.3, 0.4) is 0 Å². The molecule has 0 aromatic rings. The molecule has 11 heavy (non-hydrogen) atoms. The van der Waals surface area contributed by atoms with E-state index in [2.05, 4.69) is 0 Å². The van der Waals surface area contributed by atoms with Crippen LogP contribution in [0.2, 0.25) is 0 Å². The normalized spacial score (nSPS) is 30.3. The maximum Gasteiger partial charge on any atom is 0.219 e. The number of allylic oxidation sites excluding steroid dienone is 1. The molecule has 0 spiro atoms. The molecule has 0 heterocycles. The molecule has 0 aromatic heterocycles. The van der Waals surface area contributed by atoms with Crippen molar-refractivity contribution in [3.8, 4) is 0 Å². The van der Waals surface area contributed by atoms with E-state index < -0.39 is 0 Å². The summed E-state index contributed by atoms with van der Waals surface area (Å²) in [6.07, 6.45) is 6.48. The lowest BCUT2D eigenvalue weighted by atomic mass is 9.89. The molecule has 0 aliphatic heterocycles. The first-order valence-electron chi connectivity index (χ1n) is 4.06. The summed E-state index contributed by atoms with van der Waals surface area (Å²) < 4.78 is 0. The van der Waals surface area contributed by atoms with E-state index in [4.69, 9.17) is 0 Å². The first-order chi connectivity index (χ1) is 5.25. The monoisotopic (exact) mass is 155 g/mol. The fourth-order valence-corrected chi connectivity index (χ4v) is 1.55. The molecule has 3 nitrogen and oxygen atoms in total. The zero-order chi connectivity index (χ0) is 8.27. The highest BCUT2D eigenvalue weighted by atomic mass is 16.6. The highest BCUT2D eigenvalue weighted by Gasteiger charge is 2.29. The van der Waals surface area contributed by atoms with Gasteiger partial charge in [-0.15, -0.1) is 0 Å². The van der Waals surface area contributed by atoms with Crippen LogP contribution in [0.1, 0.15) is 26.2 Å². The first kappa shape index (κ1) is 8.24. The van der Waals surface area contributed by atoms with Gasteiger partial charge in [-0.3, -0.25) is 10.1 Å². The van der Waals surface area contributed by atoms with Gasteiger partial charge in [0, 0.05) is 17.3 Å². The summed E-state index contributed by atoms with van der Waals surface area (Å²) in [7, 11) is 0. The van der Waals surface area contributed by atoms with Gasteiger partial charge in [-0.25, -0.2) is 0 Å². The molecule has 1 unspecified atom stereocenters. The van der Waals surface area contributed by atoms with E-state index in [0.717, 1.165) is 12.8 Å². The highest BCUT2D eigenvalue weighted by Crippen LogP contribution is 2.22. The minimum absolute atomic E-state index is 0.141. The average molecular weight is 155 g/mol. The van der Waals surface area contributed by atoms with E-state index in [-0.39, 0.29) is 16.9 Å². The van der Waals surface area contributed by atoms with Crippen molar-refractivity contribution in [2.75, 3.05) is 0 Å². The van der Waals surface area contributed by atoms with Crippen LogP contribution in [-0.2, 0) is 0 Å². The van der Waals surface area contributed by atoms with Gasteiger partial charge in [-0.1, -0.05) is 19.1 Å². The van der Waals surface area contributed by atoms with Crippen LogP contribution in [0.15, 0.2) is 12.2 Å². The van der Waals surface area contributed by atoms with Crippen LogP contribution in [0.25, 0.3) is 0 Å². The second-order valence-electron chi connectivity index (χ2n) is 2.93. The number of hydrogen-bond donors (Lipinski definition) is 0. The molecule has 3 heteroatoms. The van der Waals surface area contributed by atoms with Crippen LogP contribution in [0.4, 0.5) is 0 Å². The molecular formula is C8H13NO2. The second-order valence-corrected chi connectivity index (χ2v) is 2.93. The van der Waals surface area contributed by atoms with E-state index in [0.29, 0.717) is 6.42 Å². The van der Waals surface area contributed by atoms with Gasteiger partial charge in [0.15, 0.2) is 0 Å². The Balaban J connectivity index is 2.63. The van der Waals surface area contributed by atoms with Crippen molar-refractivity contribution in [2.24, 2.45) is 5.92 Å². The largest absolute Gasteiger partial charge is 0.264 e. The third-order valence-electron chi connectivity index (χ3n) is 2.25. The summed E-state index contributed by atoms with van der Waals surface area (Å²) in [6.45, 7) is 2.00. The summed E-state index contributed by atoms with van der Waals surface area (Å²) in [6, 6.07) is -0.329. The van der Waals surface area contributed by atoms with Crippen molar-refractivity contribution in [1.82, 2.24) is 0 Å². The fraction of sp³-hybridized carbons (Fsp3) is 0.750. The van der Waals surface area contributed by atoms with Crippen molar-refractivity contribution < 1.29 is 4.92 Å². The maximum atomic E-state index is 10.5. The average Bonchev–Trinajstić information content (AvgIpc) is 2.04. The zero-order valence-electron chi connectivity index (χ0n) is 6.69. The van der Waals surface area contributed by atoms with Gasteiger partial charge >= 0.3 is 0 Å². The summed E-state index contributed by atoms with van der Waals surface area (Å²) in [4.78, 5) is 10.4. The van der Waals surface area contributed by atoms with Gasteiger partial charge in [0.05, 0.1) is 0 Å². The van der Waals surface area contributed by atoms with E-state index >= 15 is 0 Å². The topological polar surface area (TPSA) is 43.1 Å². The Labute approximate surface area is 66.3 Å². The van der Waals surface area contributed by atoms with Crippen LogP contribution < -0.4 is 0 Å². The van der Waals surface area contributed by atoms with Gasteiger partial charge < -0.3 is 0 Å². The molecule has 1 aliphatic rings. The lowest BCUT2D eigenvalue weighted by molar-refractivity contribution is -0.531. The highest BCUT2D eigenvalue weighted by molar-refractivity contribution is 4.96. The van der Waals surface area contributed by atoms with Crippen molar-refractivity contribution in [3.05, 3.63) is 22.3 Å². The lowest BCUT2D eigenvalue weighted by Gasteiger charge is -2.18. The summed E-state index contributed by atoms with van der Waals surface area (Å²) in [5.41, 5.74) is 0. The van der Waals surface area contributed by atoms with Crippen molar-refractivity contribution >= 4 is 0 Å². The minimum atomic E-state index is -0.329. The Bertz CT molecular complexity index is 177. The van der Waals surface area contributed by atoms with Crippen molar-refractivity contribution in [3.63, 3.8) is 0 Å². The Hall–Kier alpha value is -0.860. The molecule has 2 atom stereocenters. The van der Waals surface area contributed by atoms with Crippen LogP contribution in [0, 0.1) is 16.0 Å². The predicted molar refractivity (Wildman–Crippen MR) is 42.9 cm³/mol. The van der Waals surface area contributed by atoms with Gasteiger partial charge in [0.25, 0.3) is 0 Å². The molecular weight excluding hydrogens is 142 g/mol. The standard InChI is InChI=1S/C8H13NO2/c1-2-7-5-3-4-6-8(7)9(10)11/h3,5,7-8H,2,4,6H2,1H3/t7?,8-/m0/s1. The third-order valence-corrected chi connectivity index (χ3v) is 2.25. The zero-order valence-corrected chi connectivity index (χ0v) is 6.69. The quantitative estimate of drug-likeness (QED) is 0.348. The van der Waals surface area contributed by atoms with Crippen molar-refractivity contribution in [1.29, 1.82) is 0 Å². The summed E-state index contributed by atoms with van der Waals surface area (Å²) >= 11 is 0. The smallest absolute Gasteiger partial charge is 0.219 e. The van der Waals surface area contributed by atoms with E-state index in [1.54, 1.807) is 0 Å². The molecule has 0 amide bonds. The molecule has 0 bridgehead atoms. The third kappa shape index (κ3) is 1.79. The molecule has 0 fully saturated rings. The fourth-order valence-electron chi connectivity index (χ4n) is 1.55. The Morgan fingerprint density at radius 3 is 2.91 bits per heavy atom. The molecule has 0 saturated carbocycles. The number of nitrogens with zero attached hydrogens (tertiary/aromatic N) is 1. The molecule has 0 radical (unpaired) electrons. The predicted octanol–water partition coefficient (Wildman–Crippen LogP) is 2.01. The second kappa shape index (κ2) is 3.51.